The lowest BCUT2D eigenvalue weighted by atomic mass is 9.80. The van der Waals surface area contributed by atoms with Gasteiger partial charge >= 0.3 is 7.12 Å². The number of rotatable bonds is 9. The standard InChI is InChI=1S/C21H28BNO2/c1-2-3-4-5-6-7-10-15-23-20-12-9-8-11-18(20)19-16-17(22(24)25)13-14-21(19)23/h8-9,11-14,16,24-25H,2-7,10,15H2,1H3. The van der Waals surface area contributed by atoms with E-state index in [0.717, 1.165) is 11.9 Å². The van der Waals surface area contributed by atoms with E-state index in [1.54, 1.807) is 0 Å². The fraction of sp³-hybridized carbons (Fsp3) is 0.429. The van der Waals surface area contributed by atoms with Crippen LogP contribution in [-0.2, 0) is 6.54 Å². The van der Waals surface area contributed by atoms with Crippen LogP contribution in [0, 0.1) is 0 Å². The second-order valence-corrected chi connectivity index (χ2v) is 6.94. The summed E-state index contributed by atoms with van der Waals surface area (Å²) in [6.45, 7) is 3.27. The molecule has 0 aliphatic heterocycles. The Kier molecular flexibility index (Phi) is 6.16. The molecule has 0 fully saturated rings. The summed E-state index contributed by atoms with van der Waals surface area (Å²) < 4.78 is 2.38. The molecule has 0 bridgehead atoms. The molecule has 25 heavy (non-hydrogen) atoms. The molecule has 1 heterocycles. The minimum Gasteiger partial charge on any atom is -0.423 e. The first-order valence-electron chi connectivity index (χ1n) is 9.59. The van der Waals surface area contributed by atoms with Crippen LogP contribution >= 0.6 is 0 Å². The van der Waals surface area contributed by atoms with Gasteiger partial charge in [-0.05, 0) is 24.0 Å². The van der Waals surface area contributed by atoms with Crippen LogP contribution in [0.5, 0.6) is 0 Å². The van der Waals surface area contributed by atoms with Crippen molar-refractivity contribution in [2.75, 3.05) is 0 Å². The van der Waals surface area contributed by atoms with Gasteiger partial charge in [-0.1, -0.05) is 75.8 Å². The molecule has 1 aromatic heterocycles. The third kappa shape index (κ3) is 4.08. The molecule has 2 aromatic carbocycles. The molecular formula is C21H28BNO2. The van der Waals surface area contributed by atoms with Gasteiger partial charge in [-0.25, -0.2) is 0 Å². The number of benzene rings is 2. The number of hydrogen-bond acceptors (Lipinski definition) is 2. The van der Waals surface area contributed by atoms with E-state index in [0.29, 0.717) is 5.46 Å². The van der Waals surface area contributed by atoms with Gasteiger partial charge in [0.25, 0.3) is 0 Å². The first-order valence-corrected chi connectivity index (χ1v) is 9.59. The molecule has 3 nitrogen and oxygen atoms in total. The molecule has 0 amide bonds. The molecule has 0 spiro atoms. The molecule has 0 atom stereocenters. The summed E-state index contributed by atoms with van der Waals surface area (Å²) in [6, 6.07) is 14.1. The maximum atomic E-state index is 9.47. The predicted molar refractivity (Wildman–Crippen MR) is 107 cm³/mol. The zero-order valence-electron chi connectivity index (χ0n) is 15.1. The van der Waals surface area contributed by atoms with Crippen LogP contribution in [0.15, 0.2) is 42.5 Å². The number of aromatic nitrogens is 1. The first kappa shape index (κ1) is 18.0. The van der Waals surface area contributed by atoms with Crippen LogP contribution in [0.4, 0.5) is 0 Å². The van der Waals surface area contributed by atoms with Crippen molar-refractivity contribution in [3.05, 3.63) is 42.5 Å². The Labute approximate surface area is 150 Å². The summed E-state index contributed by atoms with van der Waals surface area (Å²) in [4.78, 5) is 0. The van der Waals surface area contributed by atoms with Gasteiger partial charge < -0.3 is 14.6 Å². The fourth-order valence-corrected chi connectivity index (χ4v) is 3.70. The molecule has 0 unspecified atom stereocenters. The summed E-state index contributed by atoms with van der Waals surface area (Å²) in [5.41, 5.74) is 2.95. The Hall–Kier alpha value is -1.78. The molecule has 132 valence electrons. The third-order valence-electron chi connectivity index (χ3n) is 5.08. The lowest BCUT2D eigenvalue weighted by Crippen LogP contribution is -2.29. The largest absolute Gasteiger partial charge is 0.488 e. The van der Waals surface area contributed by atoms with Crippen LogP contribution < -0.4 is 5.46 Å². The number of nitrogens with zero attached hydrogens (tertiary/aromatic N) is 1. The minimum atomic E-state index is -1.42. The highest BCUT2D eigenvalue weighted by atomic mass is 16.4. The van der Waals surface area contributed by atoms with E-state index < -0.39 is 7.12 Å². The predicted octanol–water partition coefficient (Wildman–Crippen LogP) is 4.22. The van der Waals surface area contributed by atoms with Crippen molar-refractivity contribution < 1.29 is 10.0 Å². The van der Waals surface area contributed by atoms with Crippen molar-refractivity contribution in [3.8, 4) is 0 Å². The number of para-hydroxylation sites is 1. The number of fused-ring (bicyclic) bond motifs is 3. The Morgan fingerprint density at radius 2 is 1.48 bits per heavy atom. The molecule has 4 heteroatoms. The van der Waals surface area contributed by atoms with Crippen LogP contribution in [0.2, 0.25) is 0 Å². The van der Waals surface area contributed by atoms with Crippen molar-refractivity contribution in [1.29, 1.82) is 0 Å². The zero-order chi connectivity index (χ0) is 17.6. The molecule has 0 saturated heterocycles. The monoisotopic (exact) mass is 337 g/mol. The SMILES string of the molecule is CCCCCCCCCn1c2ccccc2c2cc(B(O)O)ccc21. The Morgan fingerprint density at radius 3 is 2.24 bits per heavy atom. The van der Waals surface area contributed by atoms with Crippen molar-refractivity contribution in [2.45, 2.75) is 58.4 Å². The highest BCUT2D eigenvalue weighted by Gasteiger charge is 2.15. The van der Waals surface area contributed by atoms with Crippen molar-refractivity contribution in [2.24, 2.45) is 0 Å². The third-order valence-corrected chi connectivity index (χ3v) is 5.08. The van der Waals surface area contributed by atoms with E-state index in [-0.39, 0.29) is 0 Å². The summed E-state index contributed by atoms with van der Waals surface area (Å²) in [6.07, 6.45) is 9.13. The van der Waals surface area contributed by atoms with Gasteiger partial charge in [0.15, 0.2) is 0 Å². The molecule has 2 N–H and O–H groups in total. The van der Waals surface area contributed by atoms with E-state index >= 15 is 0 Å². The summed E-state index contributed by atoms with van der Waals surface area (Å²) in [7, 11) is -1.42. The highest BCUT2D eigenvalue weighted by molar-refractivity contribution is 6.59. The number of hydrogen-bond donors (Lipinski definition) is 2. The van der Waals surface area contributed by atoms with Gasteiger partial charge in [0.05, 0.1) is 0 Å². The summed E-state index contributed by atoms with van der Waals surface area (Å²) in [5, 5.41) is 21.2. The van der Waals surface area contributed by atoms with Gasteiger partial charge in [-0.2, -0.15) is 0 Å². The van der Waals surface area contributed by atoms with Crippen molar-refractivity contribution >= 4 is 34.4 Å². The summed E-state index contributed by atoms with van der Waals surface area (Å²) >= 11 is 0. The van der Waals surface area contributed by atoms with Gasteiger partial charge in [-0.3, -0.25) is 0 Å². The number of unbranched alkanes of at least 4 members (excludes halogenated alkanes) is 6. The van der Waals surface area contributed by atoms with Crippen molar-refractivity contribution in [1.82, 2.24) is 4.57 Å². The second kappa shape index (κ2) is 8.55. The topological polar surface area (TPSA) is 45.4 Å². The van der Waals surface area contributed by atoms with Gasteiger partial charge in [0, 0.05) is 28.4 Å². The van der Waals surface area contributed by atoms with E-state index in [1.807, 2.05) is 24.3 Å². The molecule has 0 aliphatic rings. The molecule has 0 aliphatic carbocycles. The van der Waals surface area contributed by atoms with Gasteiger partial charge in [-0.15, -0.1) is 0 Å². The molecule has 3 aromatic rings. The van der Waals surface area contributed by atoms with Gasteiger partial charge in [0.2, 0.25) is 0 Å². The average Bonchev–Trinajstić information content (AvgIpc) is 2.94. The quantitative estimate of drug-likeness (QED) is 0.453. The zero-order valence-corrected chi connectivity index (χ0v) is 15.1. The highest BCUT2D eigenvalue weighted by Crippen LogP contribution is 2.28. The maximum absolute atomic E-state index is 9.47. The van der Waals surface area contributed by atoms with E-state index in [4.69, 9.17) is 0 Å². The fourth-order valence-electron chi connectivity index (χ4n) is 3.70. The lowest BCUT2D eigenvalue weighted by Gasteiger charge is -2.08. The van der Waals surface area contributed by atoms with Crippen LogP contribution in [0.1, 0.15) is 51.9 Å². The smallest absolute Gasteiger partial charge is 0.423 e. The Bertz CT molecular complexity index is 825. The minimum absolute atomic E-state index is 0.548. The van der Waals surface area contributed by atoms with Crippen LogP contribution in [-0.4, -0.2) is 21.7 Å². The first-order chi connectivity index (χ1) is 12.2. The number of aryl methyl sites for hydroxylation is 1. The van der Waals surface area contributed by atoms with Crippen molar-refractivity contribution in [3.63, 3.8) is 0 Å². The average molecular weight is 337 g/mol. The van der Waals surface area contributed by atoms with Gasteiger partial charge in [0.1, 0.15) is 0 Å². The molecule has 0 radical (unpaired) electrons. The second-order valence-electron chi connectivity index (χ2n) is 6.94. The maximum Gasteiger partial charge on any atom is 0.488 e. The van der Waals surface area contributed by atoms with Crippen LogP contribution in [0.25, 0.3) is 21.8 Å². The Balaban J connectivity index is 1.79. The van der Waals surface area contributed by atoms with Crippen LogP contribution in [0.3, 0.4) is 0 Å². The summed E-state index contributed by atoms with van der Waals surface area (Å²) in [5.74, 6) is 0. The van der Waals surface area contributed by atoms with E-state index in [9.17, 15) is 10.0 Å². The molecule has 0 saturated carbocycles. The molecular weight excluding hydrogens is 309 g/mol. The normalized spacial score (nSPS) is 11.5. The van der Waals surface area contributed by atoms with E-state index in [2.05, 4.69) is 29.7 Å². The van der Waals surface area contributed by atoms with E-state index in [1.165, 1.54) is 61.4 Å². The lowest BCUT2D eigenvalue weighted by molar-refractivity contribution is 0.426. The Morgan fingerprint density at radius 1 is 0.800 bits per heavy atom. The molecule has 3 rings (SSSR count).